The molecule has 1 saturated carbocycles. The van der Waals surface area contributed by atoms with Gasteiger partial charge in [-0.05, 0) is 19.3 Å². The van der Waals surface area contributed by atoms with Gasteiger partial charge in [-0.1, -0.05) is 6.92 Å². The van der Waals surface area contributed by atoms with Gasteiger partial charge in [0.25, 0.3) is 0 Å². The third kappa shape index (κ3) is 3.22. The van der Waals surface area contributed by atoms with Gasteiger partial charge in [0.1, 0.15) is 0 Å². The molecule has 0 aliphatic heterocycles. The summed E-state index contributed by atoms with van der Waals surface area (Å²) in [4.78, 5) is 10.7. The standard InChI is InChI=1S/C12H18N2O3/c1-2-5-14-8-10(7-13-14)17-9-12(3-4-12)6-11(15)16/h7-8H,2-6,9H2,1H3,(H,15,16). The highest BCUT2D eigenvalue weighted by atomic mass is 16.5. The van der Waals surface area contributed by atoms with Crippen molar-refractivity contribution in [3.05, 3.63) is 12.4 Å². The summed E-state index contributed by atoms with van der Waals surface area (Å²) in [6, 6.07) is 0. The molecule has 17 heavy (non-hydrogen) atoms. The van der Waals surface area contributed by atoms with Crippen molar-refractivity contribution in [2.24, 2.45) is 5.41 Å². The highest BCUT2D eigenvalue weighted by Crippen LogP contribution is 2.48. The molecule has 94 valence electrons. The van der Waals surface area contributed by atoms with Crippen LogP contribution in [0.4, 0.5) is 0 Å². The number of aliphatic carboxylic acids is 1. The predicted octanol–water partition coefficient (Wildman–Crippen LogP) is 1.93. The number of aryl methyl sites for hydroxylation is 1. The molecule has 0 amide bonds. The predicted molar refractivity (Wildman–Crippen MR) is 61.9 cm³/mol. The van der Waals surface area contributed by atoms with Crippen LogP contribution in [-0.4, -0.2) is 27.5 Å². The number of rotatable bonds is 7. The van der Waals surface area contributed by atoms with E-state index in [0.29, 0.717) is 6.61 Å². The first kappa shape index (κ1) is 12.0. The van der Waals surface area contributed by atoms with Crippen molar-refractivity contribution in [2.75, 3.05) is 6.61 Å². The molecule has 1 fully saturated rings. The second-order valence-corrected chi connectivity index (χ2v) is 4.80. The molecular formula is C12H18N2O3. The lowest BCUT2D eigenvalue weighted by atomic mass is 10.0. The number of carbonyl (C=O) groups is 1. The second-order valence-electron chi connectivity index (χ2n) is 4.80. The largest absolute Gasteiger partial charge is 0.490 e. The number of hydrogen-bond donors (Lipinski definition) is 1. The van der Waals surface area contributed by atoms with Crippen LogP contribution in [0.15, 0.2) is 12.4 Å². The SMILES string of the molecule is CCCn1cc(OCC2(CC(=O)O)CC2)cn1. The molecule has 0 aromatic carbocycles. The van der Waals surface area contributed by atoms with E-state index in [1.54, 1.807) is 6.20 Å². The summed E-state index contributed by atoms with van der Waals surface area (Å²) in [7, 11) is 0. The Bertz CT molecular complexity index is 396. The van der Waals surface area contributed by atoms with Crippen molar-refractivity contribution in [1.29, 1.82) is 0 Å². The summed E-state index contributed by atoms with van der Waals surface area (Å²) in [5, 5.41) is 13.0. The van der Waals surface area contributed by atoms with E-state index in [0.717, 1.165) is 31.6 Å². The Balaban J connectivity index is 1.83. The highest BCUT2D eigenvalue weighted by Gasteiger charge is 2.45. The maximum Gasteiger partial charge on any atom is 0.304 e. The lowest BCUT2D eigenvalue weighted by Crippen LogP contribution is -2.17. The molecule has 0 bridgehead atoms. The van der Waals surface area contributed by atoms with E-state index in [1.807, 2.05) is 10.9 Å². The number of nitrogens with zero attached hydrogens (tertiary/aromatic N) is 2. The van der Waals surface area contributed by atoms with E-state index in [1.165, 1.54) is 0 Å². The molecule has 1 N–H and O–H groups in total. The number of carboxylic acid groups (broad SMARTS) is 1. The molecule has 0 unspecified atom stereocenters. The maximum atomic E-state index is 10.7. The average Bonchev–Trinajstić information content (AvgIpc) is 2.87. The van der Waals surface area contributed by atoms with E-state index in [2.05, 4.69) is 12.0 Å². The van der Waals surface area contributed by atoms with Crippen LogP contribution in [0.2, 0.25) is 0 Å². The Morgan fingerprint density at radius 3 is 3.00 bits per heavy atom. The van der Waals surface area contributed by atoms with Crippen molar-refractivity contribution in [2.45, 2.75) is 39.2 Å². The van der Waals surface area contributed by atoms with Crippen LogP contribution in [0, 0.1) is 5.41 Å². The first-order chi connectivity index (χ1) is 8.13. The van der Waals surface area contributed by atoms with Crippen LogP contribution in [0.1, 0.15) is 32.6 Å². The van der Waals surface area contributed by atoms with E-state index in [4.69, 9.17) is 9.84 Å². The maximum absolute atomic E-state index is 10.7. The van der Waals surface area contributed by atoms with Crippen LogP contribution in [-0.2, 0) is 11.3 Å². The topological polar surface area (TPSA) is 64.3 Å². The quantitative estimate of drug-likeness (QED) is 0.788. The molecule has 1 aromatic rings. The van der Waals surface area contributed by atoms with Crippen LogP contribution in [0.5, 0.6) is 5.75 Å². The summed E-state index contributed by atoms with van der Waals surface area (Å²) in [5.74, 6) is -0.0112. The fourth-order valence-electron chi connectivity index (χ4n) is 1.88. The van der Waals surface area contributed by atoms with Crippen LogP contribution >= 0.6 is 0 Å². The van der Waals surface area contributed by atoms with Gasteiger partial charge in [0, 0.05) is 12.0 Å². The molecular weight excluding hydrogens is 220 g/mol. The van der Waals surface area contributed by atoms with Gasteiger partial charge < -0.3 is 9.84 Å². The smallest absolute Gasteiger partial charge is 0.304 e. The van der Waals surface area contributed by atoms with Gasteiger partial charge >= 0.3 is 5.97 Å². The van der Waals surface area contributed by atoms with Gasteiger partial charge in [0.2, 0.25) is 0 Å². The van der Waals surface area contributed by atoms with Crippen molar-refractivity contribution in [3.8, 4) is 5.75 Å². The first-order valence-electron chi connectivity index (χ1n) is 6.01. The van der Waals surface area contributed by atoms with Crippen molar-refractivity contribution in [1.82, 2.24) is 9.78 Å². The summed E-state index contributed by atoms with van der Waals surface area (Å²) >= 11 is 0. The monoisotopic (exact) mass is 238 g/mol. The van der Waals surface area contributed by atoms with Crippen LogP contribution < -0.4 is 4.74 Å². The van der Waals surface area contributed by atoms with Crippen molar-refractivity contribution >= 4 is 5.97 Å². The molecule has 0 atom stereocenters. The summed E-state index contributed by atoms with van der Waals surface area (Å²) in [6.07, 6.45) is 6.68. The Kier molecular flexibility index (Phi) is 3.36. The molecule has 0 spiro atoms. The van der Waals surface area contributed by atoms with Gasteiger partial charge in [-0.15, -0.1) is 0 Å². The van der Waals surface area contributed by atoms with E-state index < -0.39 is 5.97 Å². The van der Waals surface area contributed by atoms with Crippen molar-refractivity contribution < 1.29 is 14.6 Å². The van der Waals surface area contributed by atoms with Gasteiger partial charge in [-0.2, -0.15) is 5.10 Å². The second kappa shape index (κ2) is 4.77. The fourth-order valence-corrected chi connectivity index (χ4v) is 1.88. The lowest BCUT2D eigenvalue weighted by Gasteiger charge is -2.12. The first-order valence-corrected chi connectivity index (χ1v) is 6.01. The normalized spacial score (nSPS) is 16.8. The van der Waals surface area contributed by atoms with Gasteiger partial charge in [-0.25, -0.2) is 0 Å². The average molecular weight is 238 g/mol. The molecule has 5 nitrogen and oxygen atoms in total. The molecule has 5 heteroatoms. The summed E-state index contributed by atoms with van der Waals surface area (Å²) in [5.41, 5.74) is -0.126. The molecule has 1 heterocycles. The minimum Gasteiger partial charge on any atom is -0.490 e. The third-order valence-electron chi connectivity index (χ3n) is 3.09. The van der Waals surface area contributed by atoms with E-state index >= 15 is 0 Å². The molecule has 2 rings (SSSR count). The van der Waals surface area contributed by atoms with Crippen LogP contribution in [0.25, 0.3) is 0 Å². The molecule has 1 aliphatic carbocycles. The van der Waals surface area contributed by atoms with E-state index in [-0.39, 0.29) is 11.8 Å². The van der Waals surface area contributed by atoms with Crippen LogP contribution in [0.3, 0.4) is 0 Å². The zero-order chi connectivity index (χ0) is 12.3. The minimum atomic E-state index is -0.743. The van der Waals surface area contributed by atoms with Gasteiger partial charge in [0.05, 0.1) is 25.4 Å². The molecule has 1 aromatic heterocycles. The lowest BCUT2D eigenvalue weighted by molar-refractivity contribution is -0.138. The van der Waals surface area contributed by atoms with E-state index in [9.17, 15) is 4.79 Å². The minimum absolute atomic E-state index is 0.126. The molecule has 0 saturated heterocycles. The van der Waals surface area contributed by atoms with Gasteiger partial charge in [0.15, 0.2) is 5.75 Å². The number of hydrogen-bond acceptors (Lipinski definition) is 3. The Hall–Kier alpha value is -1.52. The zero-order valence-electron chi connectivity index (χ0n) is 10.1. The third-order valence-corrected chi connectivity index (χ3v) is 3.09. The Morgan fingerprint density at radius 1 is 1.65 bits per heavy atom. The van der Waals surface area contributed by atoms with Gasteiger partial charge in [-0.3, -0.25) is 9.48 Å². The number of carboxylic acids is 1. The Morgan fingerprint density at radius 2 is 2.41 bits per heavy atom. The summed E-state index contributed by atoms with van der Waals surface area (Å²) < 4.78 is 7.45. The Labute approximate surface area is 100 Å². The number of ether oxygens (including phenoxy) is 1. The summed E-state index contributed by atoms with van der Waals surface area (Å²) in [6.45, 7) is 3.45. The zero-order valence-corrected chi connectivity index (χ0v) is 10.1. The number of aromatic nitrogens is 2. The molecule has 0 radical (unpaired) electrons. The fraction of sp³-hybridized carbons (Fsp3) is 0.667. The molecule has 1 aliphatic rings. The highest BCUT2D eigenvalue weighted by molar-refractivity contribution is 5.68. The van der Waals surface area contributed by atoms with Crippen molar-refractivity contribution in [3.63, 3.8) is 0 Å².